The van der Waals surface area contributed by atoms with E-state index in [4.69, 9.17) is 4.74 Å². The van der Waals surface area contributed by atoms with E-state index in [1.165, 1.54) is 6.07 Å². The van der Waals surface area contributed by atoms with Gasteiger partial charge in [0.15, 0.2) is 0 Å². The molecule has 0 aromatic carbocycles. The van der Waals surface area contributed by atoms with Gasteiger partial charge in [-0.2, -0.15) is 0 Å². The first kappa shape index (κ1) is 16.2. The van der Waals surface area contributed by atoms with Crippen LogP contribution < -0.4 is 10.6 Å². The summed E-state index contributed by atoms with van der Waals surface area (Å²) < 4.78 is 5.43. The Labute approximate surface area is 118 Å². The van der Waals surface area contributed by atoms with Crippen molar-refractivity contribution >= 4 is 17.3 Å². The molecule has 0 unspecified atom stereocenters. The lowest BCUT2D eigenvalue weighted by Crippen LogP contribution is -2.09. The highest BCUT2D eigenvalue weighted by Gasteiger charge is 2.15. The maximum Gasteiger partial charge on any atom is 0.311 e. The number of ether oxygens (including phenoxy) is 1. The van der Waals surface area contributed by atoms with Gasteiger partial charge in [-0.3, -0.25) is 10.1 Å². The Balaban J connectivity index is 2.47. The maximum atomic E-state index is 10.9. The molecule has 7 nitrogen and oxygen atoms in total. The number of hydrogen-bond acceptors (Lipinski definition) is 6. The zero-order valence-electron chi connectivity index (χ0n) is 12.2. The first-order valence-corrected chi connectivity index (χ1v) is 6.73. The topological polar surface area (TPSA) is 89.3 Å². The number of nitro groups is 1. The fourth-order valence-corrected chi connectivity index (χ4v) is 1.62. The third kappa shape index (κ3) is 5.40. The van der Waals surface area contributed by atoms with Gasteiger partial charge in [0, 0.05) is 26.3 Å². The van der Waals surface area contributed by atoms with Crippen LogP contribution >= 0.6 is 0 Å². The number of nitrogens with zero attached hydrogens (tertiary/aromatic N) is 2. The summed E-state index contributed by atoms with van der Waals surface area (Å²) in [6.45, 7) is 5.32. The van der Waals surface area contributed by atoms with Gasteiger partial charge in [-0.05, 0) is 32.8 Å². The molecule has 0 fully saturated rings. The summed E-state index contributed by atoms with van der Waals surface area (Å²) in [5, 5.41) is 16.8. The van der Waals surface area contributed by atoms with Crippen LogP contribution in [0.15, 0.2) is 12.1 Å². The monoisotopic (exact) mass is 282 g/mol. The standard InChI is InChI=1S/C13H22N4O3/c1-10(2)20-9-5-4-8-15-13-11(17(18)19)6-7-12(14-3)16-13/h6-7,10H,4-5,8-9H2,1-3H3,(H2,14,15,16). The van der Waals surface area contributed by atoms with Crippen LogP contribution in [-0.4, -0.2) is 36.2 Å². The maximum absolute atomic E-state index is 10.9. The number of pyridine rings is 1. The van der Waals surface area contributed by atoms with Crippen molar-refractivity contribution < 1.29 is 9.66 Å². The SMILES string of the molecule is CNc1ccc([N+](=O)[O-])c(NCCCCOC(C)C)n1. The Morgan fingerprint density at radius 2 is 2.15 bits per heavy atom. The quantitative estimate of drug-likeness (QED) is 0.411. The largest absolute Gasteiger partial charge is 0.379 e. The molecular formula is C13H22N4O3. The number of aromatic nitrogens is 1. The molecule has 1 aromatic rings. The van der Waals surface area contributed by atoms with Gasteiger partial charge in [0.25, 0.3) is 0 Å². The lowest BCUT2D eigenvalue weighted by Gasteiger charge is -2.09. The van der Waals surface area contributed by atoms with Gasteiger partial charge in [0.1, 0.15) is 5.82 Å². The van der Waals surface area contributed by atoms with Crippen molar-refractivity contribution in [2.24, 2.45) is 0 Å². The molecule has 0 aliphatic rings. The van der Waals surface area contributed by atoms with Crippen LogP contribution in [0.5, 0.6) is 0 Å². The van der Waals surface area contributed by atoms with Crippen LogP contribution in [0.1, 0.15) is 26.7 Å². The second-order valence-corrected chi connectivity index (χ2v) is 4.62. The molecule has 1 aromatic heterocycles. The van der Waals surface area contributed by atoms with Crippen LogP contribution in [0, 0.1) is 10.1 Å². The van der Waals surface area contributed by atoms with E-state index in [2.05, 4.69) is 15.6 Å². The molecule has 0 bridgehead atoms. The Bertz CT molecular complexity index is 438. The number of hydrogen-bond donors (Lipinski definition) is 2. The van der Waals surface area contributed by atoms with Crippen molar-refractivity contribution in [3.8, 4) is 0 Å². The van der Waals surface area contributed by atoms with Gasteiger partial charge in [0.2, 0.25) is 5.82 Å². The number of unbranched alkanes of at least 4 members (excludes halogenated alkanes) is 1. The lowest BCUT2D eigenvalue weighted by atomic mass is 10.3. The van der Waals surface area contributed by atoms with E-state index in [1.54, 1.807) is 13.1 Å². The number of nitrogens with one attached hydrogen (secondary N) is 2. The van der Waals surface area contributed by atoms with Crippen LogP contribution in [0.25, 0.3) is 0 Å². The Kier molecular flexibility index (Phi) is 6.72. The van der Waals surface area contributed by atoms with Crippen molar-refractivity contribution in [2.45, 2.75) is 32.8 Å². The van der Waals surface area contributed by atoms with Gasteiger partial charge in [0.05, 0.1) is 11.0 Å². The van der Waals surface area contributed by atoms with Gasteiger partial charge >= 0.3 is 5.69 Å². The Morgan fingerprint density at radius 3 is 2.75 bits per heavy atom. The second kappa shape index (κ2) is 8.31. The minimum absolute atomic E-state index is 0.0116. The summed E-state index contributed by atoms with van der Waals surface area (Å²) in [6.07, 6.45) is 2.01. The third-order valence-corrected chi connectivity index (χ3v) is 2.64. The Morgan fingerprint density at radius 1 is 1.40 bits per heavy atom. The van der Waals surface area contributed by atoms with Gasteiger partial charge in [-0.15, -0.1) is 0 Å². The Hall–Kier alpha value is -1.89. The molecule has 112 valence electrons. The van der Waals surface area contributed by atoms with Crippen LogP contribution in [0.3, 0.4) is 0 Å². The summed E-state index contributed by atoms with van der Waals surface area (Å²) >= 11 is 0. The predicted octanol–water partition coefficient (Wildman–Crippen LogP) is 2.65. The fraction of sp³-hybridized carbons (Fsp3) is 0.615. The molecule has 7 heteroatoms. The van der Waals surface area contributed by atoms with Gasteiger partial charge < -0.3 is 15.4 Å². The molecule has 0 atom stereocenters. The zero-order valence-corrected chi connectivity index (χ0v) is 12.2. The van der Waals surface area contributed by atoms with Crippen molar-refractivity contribution in [1.29, 1.82) is 0 Å². The summed E-state index contributed by atoms with van der Waals surface area (Å²) in [7, 11) is 1.72. The van der Waals surface area contributed by atoms with Crippen LogP contribution in [0.4, 0.5) is 17.3 Å². The van der Waals surface area contributed by atoms with Crippen molar-refractivity contribution in [3.63, 3.8) is 0 Å². The first-order chi connectivity index (χ1) is 9.54. The predicted molar refractivity (Wildman–Crippen MR) is 79.2 cm³/mol. The highest BCUT2D eigenvalue weighted by molar-refractivity contribution is 5.60. The van der Waals surface area contributed by atoms with E-state index >= 15 is 0 Å². The first-order valence-electron chi connectivity index (χ1n) is 6.73. The van der Waals surface area contributed by atoms with Crippen LogP contribution in [0.2, 0.25) is 0 Å². The molecule has 0 amide bonds. The zero-order chi connectivity index (χ0) is 15.0. The van der Waals surface area contributed by atoms with Crippen molar-refractivity contribution in [2.75, 3.05) is 30.8 Å². The molecular weight excluding hydrogens is 260 g/mol. The summed E-state index contributed by atoms with van der Waals surface area (Å²) in [6, 6.07) is 3.03. The van der Waals surface area contributed by atoms with E-state index in [1.807, 2.05) is 13.8 Å². The molecule has 1 rings (SSSR count). The smallest absolute Gasteiger partial charge is 0.311 e. The van der Waals surface area contributed by atoms with Gasteiger partial charge in [-0.25, -0.2) is 4.98 Å². The minimum atomic E-state index is -0.434. The molecule has 0 aliphatic heterocycles. The van der Waals surface area contributed by atoms with E-state index in [0.29, 0.717) is 24.8 Å². The molecule has 1 heterocycles. The van der Waals surface area contributed by atoms with E-state index in [-0.39, 0.29) is 11.8 Å². The summed E-state index contributed by atoms with van der Waals surface area (Å²) in [4.78, 5) is 14.6. The average molecular weight is 282 g/mol. The molecule has 20 heavy (non-hydrogen) atoms. The third-order valence-electron chi connectivity index (χ3n) is 2.64. The average Bonchev–Trinajstić information content (AvgIpc) is 2.41. The highest BCUT2D eigenvalue weighted by atomic mass is 16.6. The minimum Gasteiger partial charge on any atom is -0.379 e. The molecule has 0 aliphatic carbocycles. The normalized spacial score (nSPS) is 10.6. The summed E-state index contributed by atoms with van der Waals surface area (Å²) in [5.41, 5.74) is -0.0116. The summed E-state index contributed by atoms with van der Waals surface area (Å²) in [5.74, 6) is 0.896. The van der Waals surface area contributed by atoms with Crippen molar-refractivity contribution in [3.05, 3.63) is 22.2 Å². The highest BCUT2D eigenvalue weighted by Crippen LogP contribution is 2.23. The lowest BCUT2D eigenvalue weighted by molar-refractivity contribution is -0.384. The number of rotatable bonds is 9. The van der Waals surface area contributed by atoms with E-state index < -0.39 is 4.92 Å². The second-order valence-electron chi connectivity index (χ2n) is 4.62. The van der Waals surface area contributed by atoms with E-state index in [9.17, 15) is 10.1 Å². The van der Waals surface area contributed by atoms with Crippen molar-refractivity contribution in [1.82, 2.24) is 4.98 Å². The molecule has 0 spiro atoms. The molecule has 0 radical (unpaired) electrons. The molecule has 0 saturated carbocycles. The van der Waals surface area contributed by atoms with Gasteiger partial charge in [-0.1, -0.05) is 0 Å². The molecule has 2 N–H and O–H groups in total. The van der Waals surface area contributed by atoms with Crippen LogP contribution in [-0.2, 0) is 4.74 Å². The molecule has 0 saturated heterocycles. The van der Waals surface area contributed by atoms with E-state index in [0.717, 1.165) is 12.8 Å². The number of anilines is 2. The fourth-order valence-electron chi connectivity index (χ4n) is 1.62.